The summed E-state index contributed by atoms with van der Waals surface area (Å²) in [6, 6.07) is 8.88. The van der Waals surface area contributed by atoms with Crippen LogP contribution in [0.5, 0.6) is 5.75 Å². The maximum absolute atomic E-state index is 15.4. The first-order valence-corrected chi connectivity index (χ1v) is 11.5. The van der Waals surface area contributed by atoms with Crippen LogP contribution in [0, 0.1) is 18.2 Å². The van der Waals surface area contributed by atoms with Crippen molar-refractivity contribution in [1.82, 2.24) is 4.98 Å². The van der Waals surface area contributed by atoms with E-state index >= 15 is 4.39 Å². The summed E-state index contributed by atoms with van der Waals surface area (Å²) in [5, 5.41) is 3.24. The first-order valence-electron chi connectivity index (χ1n) is 9.76. The lowest BCUT2D eigenvalue weighted by molar-refractivity contribution is -0.212. The highest BCUT2D eigenvalue weighted by Crippen LogP contribution is 2.51. The minimum atomic E-state index is -4.99. The molecule has 2 atom stereocenters. The molecule has 0 amide bonds. The van der Waals surface area contributed by atoms with E-state index in [1.165, 1.54) is 12.3 Å². The lowest BCUT2D eigenvalue weighted by Crippen LogP contribution is -2.49. The van der Waals surface area contributed by atoms with E-state index in [2.05, 4.69) is 10.3 Å². The molecule has 0 saturated carbocycles. The highest BCUT2D eigenvalue weighted by atomic mass is 35.5. The number of carbonyl (C=O) groups excluding carboxylic acids is 1. The number of hydrogen-bond acceptors (Lipinski definition) is 5. The fourth-order valence-corrected chi connectivity index (χ4v) is 4.82. The lowest BCUT2D eigenvalue weighted by atomic mass is 9.78. The molecule has 0 radical (unpaired) electrons. The zero-order valence-corrected chi connectivity index (χ0v) is 19.5. The SMILES string of the molecule is COc1c(Cl)ccc(C(Nc2cccc3nc(C)ccc23)C(C=O)(CSC)C(F)(F)F)c1F. The molecule has 176 valence electrons. The van der Waals surface area contributed by atoms with Crippen LogP contribution in [0.25, 0.3) is 10.9 Å². The van der Waals surface area contributed by atoms with Crippen molar-refractivity contribution in [1.29, 1.82) is 0 Å². The number of nitrogens with zero attached hydrogens (tertiary/aromatic N) is 1. The summed E-state index contributed by atoms with van der Waals surface area (Å²) in [5.74, 6) is -2.11. The molecule has 0 aliphatic heterocycles. The quantitative estimate of drug-likeness (QED) is 0.279. The molecule has 1 aromatic heterocycles. The predicted molar refractivity (Wildman–Crippen MR) is 124 cm³/mol. The molecule has 0 fully saturated rings. The Morgan fingerprint density at radius 3 is 2.55 bits per heavy atom. The Kier molecular flexibility index (Phi) is 7.43. The van der Waals surface area contributed by atoms with Gasteiger partial charge in [0, 0.05) is 28.1 Å². The third-order valence-corrected chi connectivity index (χ3v) is 6.47. The van der Waals surface area contributed by atoms with Gasteiger partial charge >= 0.3 is 6.18 Å². The molecule has 0 spiro atoms. The van der Waals surface area contributed by atoms with E-state index < -0.39 is 40.5 Å². The van der Waals surface area contributed by atoms with Crippen LogP contribution in [-0.4, -0.2) is 36.6 Å². The number of thioether (sulfide) groups is 1. The van der Waals surface area contributed by atoms with Gasteiger partial charge in [0.2, 0.25) is 0 Å². The number of methoxy groups -OCH3 is 1. The molecule has 4 nitrogen and oxygen atoms in total. The zero-order valence-electron chi connectivity index (χ0n) is 18.0. The topological polar surface area (TPSA) is 51.2 Å². The average molecular weight is 501 g/mol. The Morgan fingerprint density at radius 1 is 1.21 bits per heavy atom. The van der Waals surface area contributed by atoms with Gasteiger partial charge < -0.3 is 14.8 Å². The second-order valence-corrected chi connectivity index (χ2v) is 8.75. The fraction of sp³-hybridized carbons (Fsp3) is 0.304. The maximum Gasteiger partial charge on any atom is 0.404 e. The van der Waals surface area contributed by atoms with Gasteiger partial charge in [-0.25, -0.2) is 4.39 Å². The monoisotopic (exact) mass is 500 g/mol. The molecule has 1 N–H and O–H groups in total. The van der Waals surface area contributed by atoms with Gasteiger partial charge in [0.1, 0.15) is 6.29 Å². The molecule has 33 heavy (non-hydrogen) atoms. The summed E-state index contributed by atoms with van der Waals surface area (Å²) in [6.07, 6.45) is -3.70. The van der Waals surface area contributed by atoms with Crippen molar-refractivity contribution in [3.63, 3.8) is 0 Å². The largest absolute Gasteiger partial charge is 0.492 e. The van der Waals surface area contributed by atoms with Crippen LogP contribution in [-0.2, 0) is 4.79 Å². The molecule has 3 rings (SSSR count). The molecular formula is C23H21ClF4N2O2S. The molecule has 2 aromatic carbocycles. The number of hydrogen-bond donors (Lipinski definition) is 1. The maximum atomic E-state index is 15.4. The molecule has 0 aliphatic carbocycles. The predicted octanol–water partition coefficient (Wildman–Crippen LogP) is 6.61. The Hall–Kier alpha value is -2.52. The van der Waals surface area contributed by atoms with E-state index in [-0.39, 0.29) is 17.0 Å². The molecule has 2 unspecified atom stereocenters. The van der Waals surface area contributed by atoms with Crippen molar-refractivity contribution in [2.24, 2.45) is 5.41 Å². The molecule has 3 aromatic rings. The minimum absolute atomic E-state index is 0.101. The number of halogens is 5. The molecule has 0 saturated heterocycles. The van der Waals surface area contributed by atoms with Gasteiger partial charge in [0.25, 0.3) is 0 Å². The number of alkyl halides is 3. The van der Waals surface area contributed by atoms with E-state index in [0.29, 0.717) is 10.9 Å². The van der Waals surface area contributed by atoms with Crippen LogP contribution < -0.4 is 10.1 Å². The highest BCUT2D eigenvalue weighted by molar-refractivity contribution is 7.98. The van der Waals surface area contributed by atoms with Gasteiger partial charge in [0.15, 0.2) is 17.0 Å². The van der Waals surface area contributed by atoms with Crippen molar-refractivity contribution >= 4 is 46.2 Å². The number of ether oxygens (including phenoxy) is 1. The van der Waals surface area contributed by atoms with E-state index in [0.717, 1.165) is 30.6 Å². The van der Waals surface area contributed by atoms with Crippen LogP contribution in [0.4, 0.5) is 23.2 Å². The molecule has 0 aliphatic rings. The Bertz CT molecular complexity index is 1180. The Labute approximate surface area is 197 Å². The van der Waals surface area contributed by atoms with Gasteiger partial charge in [-0.15, -0.1) is 0 Å². The molecule has 1 heterocycles. The second-order valence-electron chi connectivity index (χ2n) is 7.48. The van der Waals surface area contributed by atoms with Gasteiger partial charge in [0.05, 0.1) is 23.7 Å². The summed E-state index contributed by atoms with van der Waals surface area (Å²) >= 11 is 6.80. The summed E-state index contributed by atoms with van der Waals surface area (Å²) in [7, 11) is 1.16. The summed E-state index contributed by atoms with van der Waals surface area (Å²) in [4.78, 5) is 16.5. The minimum Gasteiger partial charge on any atom is -0.492 e. The molecule has 0 bridgehead atoms. The first-order chi connectivity index (χ1) is 15.6. The van der Waals surface area contributed by atoms with Crippen molar-refractivity contribution in [3.05, 3.63) is 64.6 Å². The van der Waals surface area contributed by atoms with Crippen molar-refractivity contribution < 1.29 is 27.1 Å². The van der Waals surface area contributed by atoms with Crippen molar-refractivity contribution in [3.8, 4) is 5.75 Å². The third-order valence-electron chi connectivity index (χ3n) is 5.40. The number of fused-ring (bicyclic) bond motifs is 1. The zero-order chi connectivity index (χ0) is 24.4. The number of anilines is 1. The third kappa shape index (κ3) is 4.61. The summed E-state index contributed by atoms with van der Waals surface area (Å²) in [5.41, 5.74) is -1.81. The van der Waals surface area contributed by atoms with E-state index in [1.807, 2.05) is 0 Å². The fourth-order valence-electron chi connectivity index (χ4n) is 3.72. The second kappa shape index (κ2) is 9.77. The van der Waals surface area contributed by atoms with Gasteiger partial charge in [-0.1, -0.05) is 23.7 Å². The highest BCUT2D eigenvalue weighted by Gasteiger charge is 2.60. The van der Waals surface area contributed by atoms with Crippen LogP contribution in [0.3, 0.4) is 0 Å². The standard InChI is InChI=1S/C23H21ClF4N2O2S/c1-13-7-8-14-17(29-13)5-4-6-18(14)30-21(22(11-31,12-33-3)23(26,27)28)15-9-10-16(24)20(32-2)19(15)25/h4-11,21,30H,12H2,1-3H3. The van der Waals surface area contributed by atoms with E-state index in [9.17, 15) is 18.0 Å². The normalized spacial score (nSPS) is 14.5. The number of benzene rings is 2. The number of aromatic nitrogens is 1. The smallest absolute Gasteiger partial charge is 0.404 e. The number of pyridine rings is 1. The number of aryl methyl sites for hydroxylation is 1. The van der Waals surface area contributed by atoms with Gasteiger partial charge in [-0.05, 0) is 43.5 Å². The lowest BCUT2D eigenvalue weighted by Gasteiger charge is -2.39. The molecular weight excluding hydrogens is 480 g/mol. The summed E-state index contributed by atoms with van der Waals surface area (Å²) < 4.78 is 63.8. The summed E-state index contributed by atoms with van der Waals surface area (Å²) in [6.45, 7) is 1.79. The van der Waals surface area contributed by atoms with E-state index in [1.54, 1.807) is 37.3 Å². The Balaban J connectivity index is 2.30. The Morgan fingerprint density at radius 2 is 1.94 bits per heavy atom. The number of rotatable bonds is 8. The van der Waals surface area contributed by atoms with Crippen LogP contribution in [0.1, 0.15) is 17.3 Å². The van der Waals surface area contributed by atoms with Gasteiger partial charge in [-0.3, -0.25) is 4.98 Å². The molecule has 10 heteroatoms. The van der Waals surface area contributed by atoms with Gasteiger partial charge in [-0.2, -0.15) is 24.9 Å². The van der Waals surface area contributed by atoms with Crippen molar-refractivity contribution in [2.45, 2.75) is 19.1 Å². The van der Waals surface area contributed by atoms with Crippen molar-refractivity contribution in [2.75, 3.05) is 24.4 Å². The van der Waals surface area contributed by atoms with Crippen LogP contribution in [0.15, 0.2) is 42.5 Å². The number of nitrogens with one attached hydrogen (secondary N) is 1. The number of aldehydes is 1. The average Bonchev–Trinajstić information content (AvgIpc) is 2.76. The first kappa shape index (κ1) is 25.1. The van der Waals surface area contributed by atoms with E-state index in [4.69, 9.17) is 16.3 Å². The van der Waals surface area contributed by atoms with Crippen LogP contribution in [0.2, 0.25) is 5.02 Å². The number of carbonyl (C=O) groups is 1. The van der Waals surface area contributed by atoms with Crippen LogP contribution >= 0.6 is 23.4 Å².